The van der Waals surface area contributed by atoms with E-state index in [4.69, 9.17) is 5.14 Å². The van der Waals surface area contributed by atoms with Crippen molar-refractivity contribution in [1.82, 2.24) is 10.2 Å². The van der Waals surface area contributed by atoms with E-state index in [1.54, 1.807) is 12.1 Å². The third-order valence-electron chi connectivity index (χ3n) is 4.84. The van der Waals surface area contributed by atoms with Crippen LogP contribution in [0, 0.1) is 0 Å². The van der Waals surface area contributed by atoms with Gasteiger partial charge in [0, 0.05) is 26.1 Å². The van der Waals surface area contributed by atoms with Crippen LogP contribution in [0.1, 0.15) is 23.1 Å². The number of nitrogens with two attached hydrogens (primary N) is 1. The molecule has 7 heteroatoms. The molecule has 3 N–H and O–H groups in total. The van der Waals surface area contributed by atoms with Crippen molar-refractivity contribution in [3.8, 4) is 0 Å². The fraction of sp³-hybridized carbons (Fsp3) is 0.350. The van der Waals surface area contributed by atoms with Gasteiger partial charge in [-0.25, -0.2) is 13.6 Å². The Morgan fingerprint density at radius 2 is 1.74 bits per heavy atom. The maximum absolute atomic E-state index is 12.4. The van der Waals surface area contributed by atoms with Gasteiger partial charge < -0.3 is 10.2 Å². The van der Waals surface area contributed by atoms with Crippen molar-refractivity contribution in [2.45, 2.75) is 30.7 Å². The van der Waals surface area contributed by atoms with Crippen molar-refractivity contribution >= 4 is 15.9 Å². The number of hydrogen-bond donors (Lipinski definition) is 2. The number of carbonyl (C=O) groups excluding carboxylic acids is 1. The quantitative estimate of drug-likeness (QED) is 0.703. The monoisotopic (exact) mass is 387 g/mol. The topological polar surface area (TPSA) is 92.5 Å². The molecule has 0 saturated carbocycles. The van der Waals surface area contributed by atoms with Crippen LogP contribution in [0.4, 0.5) is 0 Å². The van der Waals surface area contributed by atoms with Gasteiger partial charge >= 0.3 is 0 Å². The molecule has 27 heavy (non-hydrogen) atoms. The second-order valence-corrected chi connectivity index (χ2v) is 8.33. The molecule has 0 saturated heterocycles. The van der Waals surface area contributed by atoms with Gasteiger partial charge in [-0.1, -0.05) is 36.4 Å². The largest absolute Gasteiger partial charge is 0.338 e. The molecule has 1 amide bonds. The molecule has 0 bridgehead atoms. The van der Waals surface area contributed by atoms with Crippen molar-refractivity contribution in [2.75, 3.05) is 19.6 Å². The molecule has 144 valence electrons. The number of nitrogens with zero attached hydrogens (tertiary/aromatic N) is 1. The van der Waals surface area contributed by atoms with Crippen LogP contribution in [0.5, 0.6) is 0 Å². The number of amides is 1. The van der Waals surface area contributed by atoms with Crippen LogP contribution in [-0.4, -0.2) is 38.9 Å². The van der Waals surface area contributed by atoms with Crippen molar-refractivity contribution in [3.05, 3.63) is 65.2 Å². The number of primary sulfonamides is 1. The minimum atomic E-state index is -3.65. The average molecular weight is 388 g/mol. The smallest absolute Gasteiger partial charge is 0.238 e. The van der Waals surface area contributed by atoms with E-state index >= 15 is 0 Å². The Hall–Kier alpha value is -2.22. The summed E-state index contributed by atoms with van der Waals surface area (Å²) in [6.45, 7) is 2.84. The van der Waals surface area contributed by atoms with Gasteiger partial charge in [-0.05, 0) is 48.2 Å². The first-order valence-corrected chi connectivity index (χ1v) is 10.6. The van der Waals surface area contributed by atoms with E-state index in [0.717, 1.165) is 31.5 Å². The molecule has 0 atom stereocenters. The van der Waals surface area contributed by atoms with Crippen LogP contribution < -0.4 is 10.5 Å². The van der Waals surface area contributed by atoms with E-state index in [0.29, 0.717) is 19.5 Å². The summed E-state index contributed by atoms with van der Waals surface area (Å²) in [4.78, 5) is 14.4. The number of carbonyl (C=O) groups is 1. The van der Waals surface area contributed by atoms with E-state index in [9.17, 15) is 13.2 Å². The molecule has 0 aromatic heterocycles. The molecule has 0 aliphatic carbocycles. The minimum absolute atomic E-state index is 0.118. The fourth-order valence-corrected chi connectivity index (χ4v) is 3.78. The molecule has 3 rings (SSSR count). The second-order valence-electron chi connectivity index (χ2n) is 6.77. The van der Waals surface area contributed by atoms with Crippen molar-refractivity contribution in [1.29, 1.82) is 0 Å². The third kappa shape index (κ3) is 5.38. The Balaban J connectivity index is 1.37. The van der Waals surface area contributed by atoms with Gasteiger partial charge in [-0.3, -0.25) is 4.79 Å². The van der Waals surface area contributed by atoms with Crippen LogP contribution >= 0.6 is 0 Å². The normalized spacial score (nSPS) is 14.0. The summed E-state index contributed by atoms with van der Waals surface area (Å²) >= 11 is 0. The first kappa shape index (κ1) is 19.5. The van der Waals surface area contributed by atoms with Crippen LogP contribution in [0.25, 0.3) is 0 Å². The Kier molecular flexibility index (Phi) is 6.26. The molecule has 2 aromatic rings. The Bertz CT molecular complexity index is 895. The van der Waals surface area contributed by atoms with Crippen molar-refractivity contribution in [2.24, 2.45) is 5.14 Å². The zero-order chi connectivity index (χ0) is 19.3. The second kappa shape index (κ2) is 8.65. The van der Waals surface area contributed by atoms with Crippen LogP contribution in [0.15, 0.2) is 53.4 Å². The number of fused-ring (bicyclic) bond motifs is 1. The highest BCUT2D eigenvalue weighted by molar-refractivity contribution is 7.89. The Morgan fingerprint density at radius 1 is 1.04 bits per heavy atom. The first-order valence-electron chi connectivity index (χ1n) is 9.10. The summed E-state index contributed by atoms with van der Waals surface area (Å²) in [5.74, 6) is 0.175. The Morgan fingerprint density at radius 3 is 2.44 bits per heavy atom. The Labute approximate surface area is 160 Å². The average Bonchev–Trinajstić information content (AvgIpc) is 2.67. The summed E-state index contributed by atoms with van der Waals surface area (Å²) in [5, 5.41) is 8.36. The maximum atomic E-state index is 12.4. The van der Waals surface area contributed by atoms with Gasteiger partial charge in [0.25, 0.3) is 0 Å². The van der Waals surface area contributed by atoms with E-state index in [1.807, 2.05) is 17.0 Å². The molecular weight excluding hydrogens is 362 g/mol. The summed E-state index contributed by atoms with van der Waals surface area (Å²) in [6, 6.07) is 14.8. The van der Waals surface area contributed by atoms with Gasteiger partial charge in [0.2, 0.25) is 15.9 Å². The molecule has 1 aliphatic heterocycles. The molecule has 0 fully saturated rings. The minimum Gasteiger partial charge on any atom is -0.338 e. The van der Waals surface area contributed by atoms with Gasteiger partial charge in [0.15, 0.2) is 0 Å². The van der Waals surface area contributed by atoms with Crippen molar-refractivity contribution < 1.29 is 13.2 Å². The standard InChI is InChI=1S/C20H25N3O3S/c21-27(25,26)19-7-5-16(6-8-19)9-12-22-13-10-20(24)23-14-11-17-3-1-2-4-18(17)15-23/h1-8,22H,9-15H2,(H2,21,25,26). The summed E-state index contributed by atoms with van der Waals surface area (Å²) < 4.78 is 22.5. The predicted octanol–water partition coefficient (Wildman–Crippen LogP) is 1.44. The molecule has 2 aromatic carbocycles. The lowest BCUT2D eigenvalue weighted by Crippen LogP contribution is -2.37. The number of nitrogens with one attached hydrogen (secondary N) is 1. The van der Waals surface area contributed by atoms with Gasteiger partial charge in [0.05, 0.1) is 4.90 Å². The van der Waals surface area contributed by atoms with Crippen LogP contribution in [0.2, 0.25) is 0 Å². The fourth-order valence-electron chi connectivity index (χ4n) is 3.27. The molecule has 6 nitrogen and oxygen atoms in total. The third-order valence-corrected chi connectivity index (χ3v) is 5.77. The van der Waals surface area contributed by atoms with Gasteiger partial charge in [-0.2, -0.15) is 0 Å². The lowest BCUT2D eigenvalue weighted by Gasteiger charge is -2.29. The molecule has 0 unspecified atom stereocenters. The molecular formula is C20H25N3O3S. The highest BCUT2D eigenvalue weighted by Gasteiger charge is 2.19. The zero-order valence-electron chi connectivity index (χ0n) is 15.2. The summed E-state index contributed by atoms with van der Waals surface area (Å²) in [7, 11) is -3.65. The predicted molar refractivity (Wildman–Crippen MR) is 105 cm³/mol. The van der Waals surface area contributed by atoms with Crippen LogP contribution in [-0.2, 0) is 34.2 Å². The van der Waals surface area contributed by atoms with E-state index in [1.165, 1.54) is 23.3 Å². The summed E-state index contributed by atoms with van der Waals surface area (Å²) in [5.41, 5.74) is 3.61. The van der Waals surface area contributed by atoms with E-state index in [2.05, 4.69) is 17.4 Å². The van der Waals surface area contributed by atoms with Crippen LogP contribution in [0.3, 0.4) is 0 Å². The maximum Gasteiger partial charge on any atom is 0.238 e. The number of benzene rings is 2. The molecule has 0 radical (unpaired) electrons. The van der Waals surface area contributed by atoms with Gasteiger partial charge in [-0.15, -0.1) is 0 Å². The summed E-state index contributed by atoms with van der Waals surface area (Å²) in [6.07, 6.45) is 2.16. The molecule has 0 spiro atoms. The highest BCUT2D eigenvalue weighted by atomic mass is 32.2. The van der Waals surface area contributed by atoms with Gasteiger partial charge in [0.1, 0.15) is 0 Å². The first-order chi connectivity index (χ1) is 12.9. The molecule has 1 heterocycles. The number of rotatable bonds is 7. The number of hydrogen-bond acceptors (Lipinski definition) is 4. The molecule has 1 aliphatic rings. The van der Waals surface area contributed by atoms with Crippen molar-refractivity contribution in [3.63, 3.8) is 0 Å². The zero-order valence-corrected chi connectivity index (χ0v) is 16.0. The lowest BCUT2D eigenvalue weighted by atomic mass is 10.00. The van der Waals surface area contributed by atoms with E-state index < -0.39 is 10.0 Å². The van der Waals surface area contributed by atoms with E-state index in [-0.39, 0.29) is 10.8 Å². The SMILES string of the molecule is NS(=O)(=O)c1ccc(CCNCCC(=O)N2CCc3ccccc3C2)cc1. The highest BCUT2D eigenvalue weighted by Crippen LogP contribution is 2.18. The lowest BCUT2D eigenvalue weighted by molar-refractivity contribution is -0.132. The number of sulfonamides is 1.